The van der Waals surface area contributed by atoms with Crippen molar-refractivity contribution < 1.29 is 14.3 Å². The van der Waals surface area contributed by atoms with Crippen molar-refractivity contribution in [3.05, 3.63) is 17.5 Å². The van der Waals surface area contributed by atoms with E-state index in [0.29, 0.717) is 31.5 Å². The molecule has 0 aliphatic carbocycles. The van der Waals surface area contributed by atoms with Crippen LogP contribution in [0.25, 0.3) is 10.7 Å². The number of ether oxygens (including phenoxy) is 1. The third-order valence-corrected chi connectivity index (χ3v) is 6.08. The van der Waals surface area contributed by atoms with Gasteiger partial charge >= 0.3 is 0 Å². The van der Waals surface area contributed by atoms with Crippen molar-refractivity contribution in [1.29, 1.82) is 0 Å². The standard InChI is InChI=1S/C17H23N5O3S2/c1-3-22-16(13-5-4-10-26-13)18-19-17(22)27-12-15(24)20(2)11-14(23)21-6-8-25-9-7-21/h4-5,10H,3,6-9,11-12H2,1-2H3. The SMILES string of the molecule is CCn1c(SCC(=O)N(C)CC(=O)N2CCOCC2)nnc1-c1cccs1. The number of amides is 2. The minimum atomic E-state index is -0.107. The van der Waals surface area contributed by atoms with E-state index in [2.05, 4.69) is 10.2 Å². The van der Waals surface area contributed by atoms with Gasteiger partial charge in [0.05, 0.1) is 30.4 Å². The van der Waals surface area contributed by atoms with Crippen molar-refractivity contribution in [1.82, 2.24) is 24.6 Å². The Kier molecular flexibility index (Phi) is 6.86. The Morgan fingerprint density at radius 3 is 2.78 bits per heavy atom. The zero-order valence-corrected chi connectivity index (χ0v) is 17.1. The van der Waals surface area contributed by atoms with Crippen LogP contribution in [0.5, 0.6) is 0 Å². The van der Waals surface area contributed by atoms with E-state index in [-0.39, 0.29) is 24.1 Å². The molecule has 2 aromatic rings. The van der Waals surface area contributed by atoms with Gasteiger partial charge in [0.1, 0.15) is 0 Å². The van der Waals surface area contributed by atoms with Crippen LogP contribution in [0, 0.1) is 0 Å². The first kappa shape index (κ1) is 19.8. The van der Waals surface area contributed by atoms with Gasteiger partial charge in [0.2, 0.25) is 11.8 Å². The molecule has 2 aromatic heterocycles. The Labute approximate surface area is 166 Å². The first-order valence-corrected chi connectivity index (χ1v) is 10.7. The van der Waals surface area contributed by atoms with Crippen LogP contribution in [0.3, 0.4) is 0 Å². The van der Waals surface area contributed by atoms with Crippen molar-refractivity contribution >= 4 is 34.9 Å². The van der Waals surface area contributed by atoms with Crippen molar-refractivity contribution in [2.24, 2.45) is 0 Å². The Balaban J connectivity index is 1.55. The molecule has 1 aliphatic heterocycles. The molecule has 27 heavy (non-hydrogen) atoms. The van der Waals surface area contributed by atoms with Crippen molar-refractivity contribution in [2.45, 2.75) is 18.6 Å². The summed E-state index contributed by atoms with van der Waals surface area (Å²) in [5.41, 5.74) is 0. The maximum absolute atomic E-state index is 12.4. The van der Waals surface area contributed by atoms with E-state index in [0.717, 1.165) is 17.2 Å². The van der Waals surface area contributed by atoms with E-state index in [1.165, 1.54) is 16.7 Å². The van der Waals surface area contributed by atoms with Crippen LogP contribution in [-0.4, -0.2) is 82.0 Å². The van der Waals surface area contributed by atoms with Gasteiger partial charge in [0, 0.05) is 26.7 Å². The number of rotatable bonds is 7. The van der Waals surface area contributed by atoms with Gasteiger partial charge in [-0.3, -0.25) is 9.59 Å². The van der Waals surface area contributed by atoms with Crippen LogP contribution >= 0.6 is 23.1 Å². The molecule has 0 aromatic carbocycles. The highest BCUT2D eigenvalue weighted by Crippen LogP contribution is 2.27. The van der Waals surface area contributed by atoms with E-state index in [4.69, 9.17) is 4.74 Å². The number of hydrogen-bond acceptors (Lipinski definition) is 7. The van der Waals surface area contributed by atoms with Crippen LogP contribution in [0.4, 0.5) is 0 Å². The molecule has 0 bridgehead atoms. The summed E-state index contributed by atoms with van der Waals surface area (Å²) in [5.74, 6) is 0.884. The lowest BCUT2D eigenvalue weighted by molar-refractivity contribution is -0.140. The second-order valence-electron chi connectivity index (χ2n) is 6.06. The number of carbonyl (C=O) groups is 2. The van der Waals surface area contributed by atoms with E-state index in [9.17, 15) is 9.59 Å². The second kappa shape index (κ2) is 9.34. The second-order valence-corrected chi connectivity index (χ2v) is 7.95. The van der Waals surface area contributed by atoms with Crippen molar-refractivity contribution in [3.8, 4) is 10.7 Å². The molecule has 1 aliphatic rings. The lowest BCUT2D eigenvalue weighted by Crippen LogP contribution is -2.46. The fraction of sp³-hybridized carbons (Fsp3) is 0.529. The smallest absolute Gasteiger partial charge is 0.242 e. The van der Waals surface area contributed by atoms with Gasteiger partial charge in [-0.25, -0.2) is 0 Å². The molecule has 1 saturated heterocycles. The zero-order valence-electron chi connectivity index (χ0n) is 15.5. The quantitative estimate of drug-likeness (QED) is 0.644. The topological polar surface area (TPSA) is 80.6 Å². The van der Waals surface area contributed by atoms with Gasteiger partial charge < -0.3 is 19.1 Å². The minimum absolute atomic E-state index is 0.0455. The molecule has 3 heterocycles. The molecule has 0 atom stereocenters. The van der Waals surface area contributed by atoms with E-state index in [1.807, 2.05) is 29.0 Å². The summed E-state index contributed by atoms with van der Waals surface area (Å²) in [7, 11) is 1.66. The summed E-state index contributed by atoms with van der Waals surface area (Å²) in [4.78, 5) is 28.9. The molecule has 0 unspecified atom stereocenters. The highest BCUT2D eigenvalue weighted by Gasteiger charge is 2.21. The first-order chi connectivity index (χ1) is 13.1. The number of thiophene rings is 1. The Morgan fingerprint density at radius 2 is 2.11 bits per heavy atom. The normalized spacial score (nSPS) is 14.4. The Hall–Kier alpha value is -1.91. The summed E-state index contributed by atoms with van der Waals surface area (Å²) < 4.78 is 7.25. The third-order valence-electron chi connectivity index (χ3n) is 4.26. The third kappa shape index (κ3) is 4.88. The number of aromatic nitrogens is 3. The molecular formula is C17H23N5O3S2. The van der Waals surface area contributed by atoms with Crippen LogP contribution in [0.1, 0.15) is 6.92 Å². The molecule has 0 N–H and O–H groups in total. The lowest BCUT2D eigenvalue weighted by atomic mass is 10.4. The molecule has 3 rings (SSSR count). The van der Waals surface area contributed by atoms with Crippen LogP contribution < -0.4 is 0 Å². The zero-order chi connectivity index (χ0) is 19.2. The van der Waals surface area contributed by atoms with Gasteiger partial charge in [0.15, 0.2) is 11.0 Å². The predicted molar refractivity (Wildman–Crippen MR) is 105 cm³/mol. The number of likely N-dealkylation sites (N-methyl/N-ethyl adjacent to an activating group) is 1. The highest BCUT2D eigenvalue weighted by atomic mass is 32.2. The summed E-state index contributed by atoms with van der Waals surface area (Å²) in [6.45, 7) is 5.11. The van der Waals surface area contributed by atoms with Gasteiger partial charge in [-0.15, -0.1) is 21.5 Å². The number of hydrogen-bond donors (Lipinski definition) is 0. The average Bonchev–Trinajstić information content (AvgIpc) is 3.35. The first-order valence-electron chi connectivity index (χ1n) is 8.79. The van der Waals surface area contributed by atoms with Crippen LogP contribution in [0.2, 0.25) is 0 Å². The van der Waals surface area contributed by atoms with Gasteiger partial charge in [0.25, 0.3) is 0 Å². The van der Waals surface area contributed by atoms with Crippen LogP contribution in [-0.2, 0) is 20.9 Å². The molecule has 0 saturated carbocycles. The average molecular weight is 410 g/mol. The monoisotopic (exact) mass is 409 g/mol. The fourth-order valence-corrected chi connectivity index (χ4v) is 4.37. The highest BCUT2D eigenvalue weighted by molar-refractivity contribution is 7.99. The predicted octanol–water partition coefficient (Wildman–Crippen LogP) is 1.44. The number of carbonyl (C=O) groups excluding carboxylic acids is 2. The van der Waals surface area contributed by atoms with Gasteiger partial charge in [-0.2, -0.15) is 0 Å². The fourth-order valence-electron chi connectivity index (χ4n) is 2.71. The summed E-state index contributed by atoms with van der Waals surface area (Å²) in [6, 6.07) is 3.98. The molecule has 1 fully saturated rings. The van der Waals surface area contributed by atoms with Crippen molar-refractivity contribution in [2.75, 3.05) is 45.6 Å². The molecule has 8 nitrogen and oxygen atoms in total. The maximum atomic E-state index is 12.4. The number of morpholine rings is 1. The Bertz CT molecular complexity index is 772. The largest absolute Gasteiger partial charge is 0.378 e. The van der Waals surface area contributed by atoms with Gasteiger partial charge in [-0.05, 0) is 18.4 Å². The van der Waals surface area contributed by atoms with E-state index in [1.54, 1.807) is 23.3 Å². The van der Waals surface area contributed by atoms with Crippen LogP contribution in [0.15, 0.2) is 22.7 Å². The summed E-state index contributed by atoms with van der Waals surface area (Å²) in [5, 5.41) is 11.2. The van der Waals surface area contributed by atoms with Crippen molar-refractivity contribution in [3.63, 3.8) is 0 Å². The summed E-state index contributed by atoms with van der Waals surface area (Å²) in [6.07, 6.45) is 0. The van der Waals surface area contributed by atoms with E-state index < -0.39 is 0 Å². The van der Waals surface area contributed by atoms with E-state index >= 15 is 0 Å². The molecular weight excluding hydrogens is 386 g/mol. The number of thioether (sulfide) groups is 1. The maximum Gasteiger partial charge on any atom is 0.242 e. The molecule has 0 spiro atoms. The lowest BCUT2D eigenvalue weighted by Gasteiger charge is -2.28. The number of nitrogens with zero attached hydrogens (tertiary/aromatic N) is 5. The Morgan fingerprint density at radius 1 is 1.33 bits per heavy atom. The molecule has 2 amide bonds. The molecule has 0 radical (unpaired) electrons. The van der Waals surface area contributed by atoms with Gasteiger partial charge in [-0.1, -0.05) is 17.8 Å². The molecule has 10 heteroatoms. The molecule has 146 valence electrons. The minimum Gasteiger partial charge on any atom is -0.378 e. The summed E-state index contributed by atoms with van der Waals surface area (Å²) >= 11 is 2.96.